The van der Waals surface area contributed by atoms with Gasteiger partial charge in [0.1, 0.15) is 5.60 Å². The number of nitrogens with one attached hydrogen (secondary N) is 1. The van der Waals surface area contributed by atoms with Gasteiger partial charge in [-0.1, -0.05) is 0 Å². The Hall–Kier alpha value is -1.59. The van der Waals surface area contributed by atoms with Crippen molar-refractivity contribution in [2.24, 2.45) is 0 Å². The van der Waals surface area contributed by atoms with Crippen LogP contribution in [-0.4, -0.2) is 22.1 Å². The maximum atomic E-state index is 12.5. The highest BCUT2D eigenvalue weighted by atomic mass is 32.1. The molecule has 22 heavy (non-hydrogen) atoms. The second kappa shape index (κ2) is 5.56. The zero-order valence-corrected chi connectivity index (χ0v) is 14.0. The molecular formula is C17H22N2O2S. The lowest BCUT2D eigenvalue weighted by Crippen LogP contribution is -2.38. The van der Waals surface area contributed by atoms with E-state index in [4.69, 9.17) is 0 Å². The number of carbonyl (C=O) groups is 1. The summed E-state index contributed by atoms with van der Waals surface area (Å²) >= 11 is 1.54. The normalized spacial score (nSPS) is 17.3. The van der Waals surface area contributed by atoms with Crippen molar-refractivity contribution < 1.29 is 9.90 Å². The van der Waals surface area contributed by atoms with Gasteiger partial charge in [-0.05, 0) is 62.1 Å². The van der Waals surface area contributed by atoms with Crippen molar-refractivity contribution in [3.05, 3.63) is 45.4 Å². The molecule has 1 saturated carbocycles. The van der Waals surface area contributed by atoms with Crippen molar-refractivity contribution in [2.45, 2.75) is 45.3 Å². The minimum atomic E-state index is -1.04. The number of carbonyl (C=O) groups excluding carboxylic acids is 1. The number of amides is 1. The minimum Gasteiger partial charge on any atom is -0.384 e. The van der Waals surface area contributed by atoms with E-state index in [0.717, 1.165) is 17.0 Å². The van der Waals surface area contributed by atoms with Crippen molar-refractivity contribution in [2.75, 3.05) is 6.54 Å². The third kappa shape index (κ3) is 2.83. The summed E-state index contributed by atoms with van der Waals surface area (Å²) in [6.07, 6.45) is 2.40. The fourth-order valence-corrected chi connectivity index (χ4v) is 3.71. The third-order valence-corrected chi connectivity index (χ3v) is 5.06. The fourth-order valence-electron chi connectivity index (χ4n) is 2.92. The largest absolute Gasteiger partial charge is 0.384 e. The van der Waals surface area contributed by atoms with Crippen LogP contribution in [0.15, 0.2) is 22.9 Å². The monoisotopic (exact) mass is 318 g/mol. The molecule has 2 aromatic rings. The van der Waals surface area contributed by atoms with Gasteiger partial charge >= 0.3 is 0 Å². The maximum Gasteiger partial charge on any atom is 0.253 e. The molecule has 2 heterocycles. The Morgan fingerprint density at radius 1 is 1.50 bits per heavy atom. The Morgan fingerprint density at radius 3 is 2.82 bits per heavy atom. The van der Waals surface area contributed by atoms with Crippen molar-refractivity contribution >= 4 is 17.2 Å². The number of aromatic nitrogens is 1. The van der Waals surface area contributed by atoms with E-state index in [0.29, 0.717) is 11.6 Å². The van der Waals surface area contributed by atoms with E-state index in [-0.39, 0.29) is 12.5 Å². The van der Waals surface area contributed by atoms with Gasteiger partial charge < -0.3 is 15.0 Å². The van der Waals surface area contributed by atoms with E-state index < -0.39 is 5.60 Å². The van der Waals surface area contributed by atoms with Crippen LogP contribution in [0.3, 0.4) is 0 Å². The molecule has 0 aliphatic heterocycles. The van der Waals surface area contributed by atoms with E-state index in [2.05, 4.69) is 9.88 Å². The van der Waals surface area contributed by atoms with Crippen LogP contribution in [0, 0.1) is 13.8 Å². The third-order valence-electron chi connectivity index (χ3n) is 4.38. The van der Waals surface area contributed by atoms with Gasteiger partial charge in [0, 0.05) is 17.4 Å². The Kier molecular flexibility index (Phi) is 3.87. The Morgan fingerprint density at radius 2 is 2.23 bits per heavy atom. The molecule has 1 aliphatic carbocycles. The second-order valence-corrected chi connectivity index (χ2v) is 7.13. The van der Waals surface area contributed by atoms with Crippen molar-refractivity contribution in [1.29, 1.82) is 0 Å². The summed E-state index contributed by atoms with van der Waals surface area (Å²) in [6.45, 7) is 5.97. The molecule has 118 valence electrons. The van der Waals surface area contributed by atoms with E-state index >= 15 is 0 Å². The molecule has 2 N–H and O–H groups in total. The molecule has 0 unspecified atom stereocenters. The van der Waals surface area contributed by atoms with Gasteiger partial charge in [0.05, 0.1) is 12.1 Å². The van der Waals surface area contributed by atoms with E-state index in [9.17, 15) is 9.90 Å². The molecular weight excluding hydrogens is 296 g/mol. The van der Waals surface area contributed by atoms with E-state index in [1.165, 1.54) is 24.2 Å². The highest BCUT2D eigenvalue weighted by Gasteiger charge is 2.29. The Bertz CT molecular complexity index is 682. The van der Waals surface area contributed by atoms with E-state index in [1.807, 2.05) is 36.7 Å². The standard InChI is InChI=1S/C17H22N2O2S/c1-11-8-15(12(2)19(11)14-4-5-14)16(20)18-10-17(3,21)13-6-7-22-9-13/h6-9,14,21H,4-5,10H2,1-3H3,(H,18,20)/t17-/m0/s1. The lowest BCUT2D eigenvalue weighted by atomic mass is 9.99. The van der Waals surface area contributed by atoms with Crippen LogP contribution >= 0.6 is 11.3 Å². The summed E-state index contributed by atoms with van der Waals surface area (Å²) in [6, 6.07) is 4.40. The number of aliphatic hydroxyl groups is 1. The van der Waals surface area contributed by atoms with Crippen LogP contribution in [0.2, 0.25) is 0 Å². The molecule has 2 aromatic heterocycles. The van der Waals surface area contributed by atoms with Crippen LogP contribution in [0.1, 0.15) is 53.1 Å². The van der Waals surface area contributed by atoms with Crippen LogP contribution in [0.4, 0.5) is 0 Å². The molecule has 1 aliphatic rings. The van der Waals surface area contributed by atoms with Crippen LogP contribution < -0.4 is 5.32 Å². The summed E-state index contributed by atoms with van der Waals surface area (Å²) in [7, 11) is 0. The van der Waals surface area contributed by atoms with Gasteiger partial charge in [-0.3, -0.25) is 4.79 Å². The van der Waals surface area contributed by atoms with Gasteiger partial charge in [0.25, 0.3) is 5.91 Å². The summed E-state index contributed by atoms with van der Waals surface area (Å²) in [5, 5.41) is 17.2. The fraction of sp³-hybridized carbons (Fsp3) is 0.471. The Labute approximate surface area is 134 Å². The summed E-state index contributed by atoms with van der Waals surface area (Å²) < 4.78 is 2.26. The SMILES string of the molecule is Cc1cc(C(=O)NC[C@](C)(O)c2ccsc2)c(C)n1C1CC1. The minimum absolute atomic E-state index is 0.115. The average molecular weight is 318 g/mol. The molecule has 4 nitrogen and oxygen atoms in total. The molecule has 0 saturated heterocycles. The number of hydrogen-bond donors (Lipinski definition) is 2. The smallest absolute Gasteiger partial charge is 0.253 e. The first-order chi connectivity index (χ1) is 10.4. The molecule has 1 amide bonds. The molecule has 1 fully saturated rings. The molecule has 0 bridgehead atoms. The van der Waals surface area contributed by atoms with Gasteiger partial charge in [0.15, 0.2) is 0 Å². The molecule has 5 heteroatoms. The van der Waals surface area contributed by atoms with E-state index in [1.54, 1.807) is 6.92 Å². The maximum absolute atomic E-state index is 12.5. The summed E-state index contributed by atoms with van der Waals surface area (Å²) in [5.74, 6) is -0.115. The quantitative estimate of drug-likeness (QED) is 0.890. The highest BCUT2D eigenvalue weighted by Crippen LogP contribution is 2.38. The van der Waals surface area contributed by atoms with Crippen LogP contribution in [-0.2, 0) is 5.60 Å². The first-order valence-corrected chi connectivity index (χ1v) is 8.56. The lowest BCUT2D eigenvalue weighted by molar-refractivity contribution is 0.0530. The first-order valence-electron chi connectivity index (χ1n) is 7.62. The number of hydrogen-bond acceptors (Lipinski definition) is 3. The number of aryl methyl sites for hydroxylation is 1. The predicted molar refractivity (Wildman–Crippen MR) is 88.4 cm³/mol. The number of rotatable bonds is 5. The molecule has 3 rings (SSSR count). The van der Waals surface area contributed by atoms with Crippen LogP contribution in [0.5, 0.6) is 0 Å². The Balaban J connectivity index is 1.71. The summed E-state index contributed by atoms with van der Waals surface area (Å²) in [5.41, 5.74) is 2.66. The van der Waals surface area contributed by atoms with Crippen molar-refractivity contribution in [3.63, 3.8) is 0 Å². The number of nitrogens with zero attached hydrogens (tertiary/aromatic N) is 1. The van der Waals surface area contributed by atoms with Gasteiger partial charge in [0.2, 0.25) is 0 Å². The topological polar surface area (TPSA) is 54.3 Å². The molecule has 0 aromatic carbocycles. The van der Waals surface area contributed by atoms with Gasteiger partial charge in [-0.2, -0.15) is 11.3 Å². The highest BCUT2D eigenvalue weighted by molar-refractivity contribution is 7.08. The summed E-state index contributed by atoms with van der Waals surface area (Å²) in [4.78, 5) is 12.5. The van der Waals surface area contributed by atoms with Crippen molar-refractivity contribution in [1.82, 2.24) is 9.88 Å². The first kappa shape index (κ1) is 15.3. The van der Waals surface area contributed by atoms with Gasteiger partial charge in [-0.25, -0.2) is 0 Å². The van der Waals surface area contributed by atoms with Gasteiger partial charge in [-0.15, -0.1) is 0 Å². The zero-order valence-electron chi connectivity index (χ0n) is 13.2. The van der Waals surface area contributed by atoms with Crippen LogP contribution in [0.25, 0.3) is 0 Å². The predicted octanol–water partition coefficient (Wildman–Crippen LogP) is 3.14. The zero-order chi connectivity index (χ0) is 15.9. The molecule has 0 radical (unpaired) electrons. The molecule has 1 atom stereocenters. The molecule has 0 spiro atoms. The second-order valence-electron chi connectivity index (χ2n) is 6.35. The number of thiophene rings is 1. The lowest BCUT2D eigenvalue weighted by Gasteiger charge is -2.22. The van der Waals surface area contributed by atoms with Crippen molar-refractivity contribution in [3.8, 4) is 0 Å². The average Bonchev–Trinajstić information content (AvgIpc) is 3.02.